The molecule has 0 aliphatic rings. The lowest BCUT2D eigenvalue weighted by Gasteiger charge is -2.22. The second kappa shape index (κ2) is 9.11. The average molecular weight is 549 g/mol. The van der Waals surface area contributed by atoms with Gasteiger partial charge in [-0.25, -0.2) is 0 Å². The summed E-state index contributed by atoms with van der Waals surface area (Å²) >= 11 is 3.42. The molecule has 0 spiro atoms. The number of aromatic nitrogens is 3. The molecule has 0 amide bonds. The molecule has 11 heteroatoms. The number of hydrogen-bond donors (Lipinski definition) is 1. The minimum absolute atomic E-state index is 0. The fourth-order valence-electron chi connectivity index (χ4n) is 2.51. The Bertz CT molecular complexity index is 768. The maximum Gasteiger partial charge on any atom is 0.435 e. The Balaban J connectivity index is 0.00000338. The van der Waals surface area contributed by atoms with E-state index in [0.717, 1.165) is 14.8 Å². The van der Waals surface area contributed by atoms with Gasteiger partial charge in [0.05, 0.1) is 6.54 Å². The molecule has 2 aromatic heterocycles. The van der Waals surface area contributed by atoms with Crippen LogP contribution in [0.5, 0.6) is 0 Å². The van der Waals surface area contributed by atoms with Crippen molar-refractivity contribution in [3.8, 4) is 0 Å². The molecule has 146 valence electrons. The van der Waals surface area contributed by atoms with Gasteiger partial charge in [0.1, 0.15) is 0 Å². The van der Waals surface area contributed by atoms with Crippen molar-refractivity contribution in [2.75, 3.05) is 14.1 Å². The molecule has 26 heavy (non-hydrogen) atoms. The van der Waals surface area contributed by atoms with Gasteiger partial charge in [0.2, 0.25) is 0 Å². The standard InChI is InChI=1S/C15H20BrF3N6.HI/c1-20-14(24(3)9-12-5-11(16)8-23(12)2)21-6-10-7-25(4)22-13(10)15(17,18)19;/h5,7-8H,6,9H2,1-4H3,(H,20,21);1H. The molecule has 2 heterocycles. The first-order valence-electron chi connectivity index (χ1n) is 7.44. The molecule has 0 bridgehead atoms. The number of aryl methyl sites for hydroxylation is 2. The summed E-state index contributed by atoms with van der Waals surface area (Å²) in [5, 5.41) is 6.46. The molecule has 0 unspecified atom stereocenters. The smallest absolute Gasteiger partial charge is 0.352 e. The lowest BCUT2D eigenvalue weighted by atomic mass is 10.2. The lowest BCUT2D eigenvalue weighted by molar-refractivity contribution is -0.142. The van der Waals surface area contributed by atoms with Gasteiger partial charge >= 0.3 is 6.18 Å². The van der Waals surface area contributed by atoms with E-state index in [-0.39, 0.29) is 36.1 Å². The third-order valence-corrected chi connectivity index (χ3v) is 4.09. The van der Waals surface area contributed by atoms with Crippen LogP contribution in [0, 0.1) is 0 Å². The summed E-state index contributed by atoms with van der Waals surface area (Å²) in [5.41, 5.74) is 0.229. The van der Waals surface area contributed by atoms with Gasteiger partial charge in [-0.05, 0) is 22.0 Å². The number of rotatable bonds is 4. The average Bonchev–Trinajstić information content (AvgIpc) is 3.02. The van der Waals surface area contributed by atoms with Crippen LogP contribution in [0.2, 0.25) is 0 Å². The van der Waals surface area contributed by atoms with Gasteiger partial charge in [-0.3, -0.25) is 9.67 Å². The summed E-state index contributed by atoms with van der Waals surface area (Å²) < 4.78 is 43.1. The zero-order valence-electron chi connectivity index (χ0n) is 14.8. The first-order chi connectivity index (χ1) is 11.6. The summed E-state index contributed by atoms with van der Waals surface area (Å²) in [6.07, 6.45) is -1.19. The van der Waals surface area contributed by atoms with Crippen molar-refractivity contribution in [2.45, 2.75) is 19.3 Å². The van der Waals surface area contributed by atoms with Gasteiger partial charge in [-0.1, -0.05) is 0 Å². The second-order valence-electron chi connectivity index (χ2n) is 5.69. The zero-order valence-corrected chi connectivity index (χ0v) is 18.7. The van der Waals surface area contributed by atoms with Crippen LogP contribution >= 0.6 is 39.9 Å². The highest BCUT2D eigenvalue weighted by atomic mass is 127. The number of guanidine groups is 1. The first-order valence-corrected chi connectivity index (χ1v) is 8.23. The Hall–Kier alpha value is -1.24. The highest BCUT2D eigenvalue weighted by Gasteiger charge is 2.36. The predicted molar refractivity (Wildman–Crippen MR) is 108 cm³/mol. The van der Waals surface area contributed by atoms with Crippen LogP contribution in [0.3, 0.4) is 0 Å². The monoisotopic (exact) mass is 548 g/mol. The molecule has 1 N–H and O–H groups in total. The SMILES string of the molecule is CN=C(NCc1cn(C)nc1C(F)(F)F)N(C)Cc1cc(Br)cn1C.I. The van der Waals surface area contributed by atoms with Crippen molar-refractivity contribution in [3.05, 3.63) is 39.9 Å². The van der Waals surface area contributed by atoms with Crippen LogP contribution in [-0.2, 0) is 33.4 Å². The minimum Gasteiger partial charge on any atom is -0.352 e. The van der Waals surface area contributed by atoms with Crippen LogP contribution in [0.1, 0.15) is 17.0 Å². The topological polar surface area (TPSA) is 50.4 Å². The van der Waals surface area contributed by atoms with E-state index in [1.165, 1.54) is 13.2 Å². The molecule has 0 aliphatic carbocycles. The summed E-state index contributed by atoms with van der Waals surface area (Å²) in [5.74, 6) is 0.495. The molecule has 0 atom stereocenters. The van der Waals surface area contributed by atoms with Crippen molar-refractivity contribution in [2.24, 2.45) is 19.1 Å². The van der Waals surface area contributed by atoms with Gasteiger partial charge in [0, 0.05) is 62.9 Å². The highest BCUT2D eigenvalue weighted by Crippen LogP contribution is 2.30. The van der Waals surface area contributed by atoms with Crippen LogP contribution in [0.25, 0.3) is 0 Å². The first kappa shape index (κ1) is 22.8. The minimum atomic E-state index is -4.48. The van der Waals surface area contributed by atoms with Crippen LogP contribution in [0.4, 0.5) is 13.2 Å². The van der Waals surface area contributed by atoms with E-state index >= 15 is 0 Å². The molecule has 0 saturated heterocycles. The summed E-state index contributed by atoms with van der Waals surface area (Å²) in [4.78, 5) is 5.98. The Kier molecular flexibility index (Phi) is 7.99. The van der Waals surface area contributed by atoms with Crippen molar-refractivity contribution in [1.29, 1.82) is 0 Å². The third kappa shape index (κ3) is 5.63. The molecule has 0 aromatic carbocycles. The maximum absolute atomic E-state index is 13.0. The molecule has 0 fully saturated rings. The number of nitrogens with zero attached hydrogens (tertiary/aromatic N) is 5. The third-order valence-electron chi connectivity index (χ3n) is 3.66. The summed E-state index contributed by atoms with van der Waals surface area (Å²) in [6.45, 7) is 0.539. The van der Waals surface area contributed by atoms with Crippen LogP contribution in [0.15, 0.2) is 27.9 Å². The van der Waals surface area contributed by atoms with Gasteiger partial charge in [-0.2, -0.15) is 18.3 Å². The van der Waals surface area contributed by atoms with Gasteiger partial charge in [-0.15, -0.1) is 24.0 Å². The van der Waals surface area contributed by atoms with E-state index in [0.29, 0.717) is 12.5 Å². The molecule has 2 rings (SSSR count). The molecule has 6 nitrogen and oxygen atoms in total. The van der Waals surface area contributed by atoms with E-state index < -0.39 is 11.9 Å². The number of halogens is 5. The molecular weight excluding hydrogens is 528 g/mol. The summed E-state index contributed by atoms with van der Waals surface area (Å²) in [6, 6.07) is 1.98. The Morgan fingerprint density at radius 2 is 2.00 bits per heavy atom. The maximum atomic E-state index is 13.0. The van der Waals surface area contributed by atoms with Gasteiger partial charge in [0.25, 0.3) is 0 Å². The van der Waals surface area contributed by atoms with E-state index in [4.69, 9.17) is 0 Å². The normalized spacial score (nSPS) is 12.1. The number of hydrogen-bond acceptors (Lipinski definition) is 2. The van der Waals surface area contributed by atoms with E-state index in [2.05, 4.69) is 31.3 Å². The van der Waals surface area contributed by atoms with Gasteiger partial charge < -0.3 is 14.8 Å². The second-order valence-corrected chi connectivity index (χ2v) is 6.61. The quantitative estimate of drug-likeness (QED) is 0.362. The summed E-state index contributed by atoms with van der Waals surface area (Å²) in [7, 11) is 6.81. The molecule has 2 aromatic rings. The van der Waals surface area contributed by atoms with Crippen molar-refractivity contribution < 1.29 is 13.2 Å². The molecule has 0 radical (unpaired) electrons. The van der Waals surface area contributed by atoms with E-state index in [1.54, 1.807) is 7.05 Å². The van der Waals surface area contributed by atoms with Crippen LogP contribution < -0.4 is 5.32 Å². The van der Waals surface area contributed by atoms with Crippen molar-refractivity contribution >= 4 is 45.9 Å². The van der Waals surface area contributed by atoms with E-state index in [9.17, 15) is 13.2 Å². The zero-order chi connectivity index (χ0) is 18.8. The highest BCUT2D eigenvalue weighted by molar-refractivity contribution is 14.0. The Labute approximate surface area is 175 Å². The number of alkyl halides is 3. The number of nitrogens with one attached hydrogen (secondary N) is 1. The predicted octanol–water partition coefficient (Wildman–Crippen LogP) is 3.37. The molecule has 0 saturated carbocycles. The largest absolute Gasteiger partial charge is 0.435 e. The van der Waals surface area contributed by atoms with Crippen molar-refractivity contribution in [1.82, 2.24) is 24.6 Å². The molecular formula is C15H21BrF3IN6. The lowest BCUT2D eigenvalue weighted by Crippen LogP contribution is -2.38. The fraction of sp³-hybridized carbons (Fsp3) is 0.467. The van der Waals surface area contributed by atoms with Crippen LogP contribution in [-0.4, -0.2) is 39.3 Å². The van der Waals surface area contributed by atoms with E-state index in [1.807, 2.05) is 35.8 Å². The molecule has 0 aliphatic heterocycles. The Morgan fingerprint density at radius 1 is 1.35 bits per heavy atom. The van der Waals surface area contributed by atoms with Crippen molar-refractivity contribution in [3.63, 3.8) is 0 Å². The fourth-order valence-corrected chi connectivity index (χ4v) is 3.08. The Morgan fingerprint density at radius 3 is 2.50 bits per heavy atom. The van der Waals surface area contributed by atoms with Gasteiger partial charge in [0.15, 0.2) is 11.7 Å². The number of aliphatic imine (C=N–C) groups is 1.